The highest BCUT2D eigenvalue weighted by atomic mass is 16.5. The third-order valence-corrected chi connectivity index (χ3v) is 4.57. The van der Waals surface area contributed by atoms with Crippen LogP contribution in [0.4, 0.5) is 0 Å². The van der Waals surface area contributed by atoms with Crippen molar-refractivity contribution in [3.8, 4) is 5.75 Å². The minimum absolute atomic E-state index is 0.161. The van der Waals surface area contributed by atoms with Crippen molar-refractivity contribution >= 4 is 5.91 Å². The number of carbonyl (C=O) groups is 1. The summed E-state index contributed by atoms with van der Waals surface area (Å²) >= 11 is 0. The molecule has 0 saturated heterocycles. The molecule has 0 radical (unpaired) electrons. The fourth-order valence-electron chi connectivity index (χ4n) is 3.10. The third-order valence-electron chi connectivity index (χ3n) is 4.57. The molecule has 3 aromatic carbocycles. The molecule has 138 valence electrons. The molecule has 0 aliphatic rings. The first-order valence-corrected chi connectivity index (χ1v) is 8.87. The average Bonchev–Trinajstić information content (AvgIpc) is 2.73. The van der Waals surface area contributed by atoms with Crippen LogP contribution < -0.4 is 10.1 Å². The number of aliphatic hydroxyl groups is 1. The van der Waals surface area contributed by atoms with Crippen LogP contribution >= 0.6 is 0 Å². The largest absolute Gasteiger partial charge is 0.496 e. The van der Waals surface area contributed by atoms with Gasteiger partial charge in [0.15, 0.2) is 0 Å². The monoisotopic (exact) mass is 361 g/mol. The average molecular weight is 361 g/mol. The summed E-state index contributed by atoms with van der Waals surface area (Å²) in [6.07, 6.45) is -0.963. The Morgan fingerprint density at radius 3 is 2.07 bits per heavy atom. The number of benzene rings is 3. The van der Waals surface area contributed by atoms with Crippen LogP contribution in [0.1, 0.15) is 46.1 Å². The Morgan fingerprint density at radius 1 is 0.889 bits per heavy atom. The lowest BCUT2D eigenvalue weighted by molar-refractivity contribution is 0.0934. The zero-order chi connectivity index (χ0) is 19.2. The van der Waals surface area contributed by atoms with Crippen LogP contribution in [0.2, 0.25) is 0 Å². The number of ether oxygens (including phenoxy) is 1. The maximum atomic E-state index is 13.0. The molecule has 3 rings (SSSR count). The van der Waals surface area contributed by atoms with Crippen LogP contribution in [0.15, 0.2) is 78.9 Å². The summed E-state index contributed by atoms with van der Waals surface area (Å²) < 4.78 is 5.43. The molecule has 0 heterocycles. The van der Waals surface area contributed by atoms with Gasteiger partial charge >= 0.3 is 0 Å². The van der Waals surface area contributed by atoms with Crippen molar-refractivity contribution in [2.24, 2.45) is 0 Å². The lowest BCUT2D eigenvalue weighted by atomic mass is 9.95. The summed E-state index contributed by atoms with van der Waals surface area (Å²) in [4.78, 5) is 13.0. The molecule has 27 heavy (non-hydrogen) atoms. The van der Waals surface area contributed by atoms with E-state index in [4.69, 9.17) is 4.74 Å². The summed E-state index contributed by atoms with van der Waals surface area (Å²) in [7, 11) is 1.53. The van der Waals surface area contributed by atoms with Crippen molar-refractivity contribution in [2.45, 2.75) is 19.1 Å². The zero-order valence-electron chi connectivity index (χ0n) is 15.4. The Hall–Kier alpha value is -3.11. The molecule has 0 aliphatic carbocycles. The normalized spacial score (nSPS) is 12.9. The van der Waals surface area contributed by atoms with Crippen LogP contribution in [0.5, 0.6) is 5.75 Å². The zero-order valence-corrected chi connectivity index (χ0v) is 15.4. The molecule has 0 fully saturated rings. The summed E-state index contributed by atoms with van der Waals surface area (Å²) in [5.74, 6) is 0.224. The summed E-state index contributed by atoms with van der Waals surface area (Å²) in [5.41, 5.74) is 2.57. The van der Waals surface area contributed by atoms with Gasteiger partial charge in [0.2, 0.25) is 0 Å². The maximum absolute atomic E-state index is 13.0. The Bertz CT molecular complexity index is 894. The number of amides is 1. The van der Waals surface area contributed by atoms with Gasteiger partial charge in [-0.1, -0.05) is 66.7 Å². The van der Waals surface area contributed by atoms with Crippen molar-refractivity contribution in [3.05, 3.63) is 101 Å². The minimum Gasteiger partial charge on any atom is -0.496 e. The highest BCUT2D eigenvalue weighted by Crippen LogP contribution is 2.33. The number of hydrogen-bond donors (Lipinski definition) is 2. The van der Waals surface area contributed by atoms with Gasteiger partial charge < -0.3 is 15.2 Å². The van der Waals surface area contributed by atoms with E-state index in [1.54, 1.807) is 18.2 Å². The number of nitrogens with one attached hydrogen (secondary N) is 1. The molecule has 0 bridgehead atoms. The van der Waals surface area contributed by atoms with E-state index >= 15 is 0 Å². The standard InChI is InChI=1S/C23H23NO3/c1-16(17-10-5-3-6-11-17)24-23(26)19-14-9-15-20(27-2)21(19)22(25)18-12-7-4-8-13-18/h3-16,22,25H,1-2H3,(H,24,26)/t16-,22-/m0/s1. The van der Waals surface area contributed by atoms with Gasteiger partial charge in [0.25, 0.3) is 5.91 Å². The molecule has 0 saturated carbocycles. The first-order valence-electron chi connectivity index (χ1n) is 8.87. The third kappa shape index (κ3) is 4.18. The van der Waals surface area contributed by atoms with Crippen molar-refractivity contribution < 1.29 is 14.6 Å². The Kier molecular flexibility index (Phi) is 5.89. The van der Waals surface area contributed by atoms with Crippen molar-refractivity contribution in [1.82, 2.24) is 5.32 Å². The molecule has 4 heteroatoms. The number of hydrogen-bond acceptors (Lipinski definition) is 3. The van der Waals surface area contributed by atoms with E-state index in [0.29, 0.717) is 22.4 Å². The first-order chi connectivity index (χ1) is 13.1. The van der Waals surface area contributed by atoms with Crippen LogP contribution in [0.3, 0.4) is 0 Å². The number of methoxy groups -OCH3 is 1. The number of aliphatic hydroxyl groups excluding tert-OH is 1. The van der Waals surface area contributed by atoms with Crippen LogP contribution in [0, 0.1) is 0 Å². The Labute approximate surface area is 159 Å². The minimum atomic E-state index is -0.963. The van der Waals surface area contributed by atoms with E-state index in [9.17, 15) is 9.90 Å². The second-order valence-electron chi connectivity index (χ2n) is 6.34. The molecule has 4 nitrogen and oxygen atoms in total. The SMILES string of the molecule is COc1cccc(C(=O)N[C@@H](C)c2ccccc2)c1[C@@H](O)c1ccccc1. The van der Waals surface area contributed by atoms with Crippen LogP contribution in [-0.4, -0.2) is 18.1 Å². The van der Waals surface area contributed by atoms with E-state index in [2.05, 4.69) is 5.32 Å². The van der Waals surface area contributed by atoms with Gasteiger partial charge in [0.05, 0.1) is 13.2 Å². The highest BCUT2D eigenvalue weighted by molar-refractivity contribution is 5.97. The summed E-state index contributed by atoms with van der Waals surface area (Å²) in [5, 5.41) is 13.9. The molecule has 3 aromatic rings. The van der Waals surface area contributed by atoms with E-state index in [-0.39, 0.29) is 11.9 Å². The topological polar surface area (TPSA) is 58.6 Å². The Morgan fingerprint density at radius 2 is 1.48 bits per heavy atom. The second kappa shape index (κ2) is 8.52. The molecular formula is C23H23NO3. The van der Waals surface area contributed by atoms with Crippen molar-refractivity contribution in [2.75, 3.05) is 7.11 Å². The van der Waals surface area contributed by atoms with E-state index in [0.717, 1.165) is 5.56 Å². The molecule has 0 aliphatic heterocycles. The lowest BCUT2D eigenvalue weighted by Crippen LogP contribution is -2.28. The quantitative estimate of drug-likeness (QED) is 0.689. The number of rotatable bonds is 6. The molecule has 1 amide bonds. The maximum Gasteiger partial charge on any atom is 0.252 e. The van der Waals surface area contributed by atoms with Gasteiger partial charge in [-0.15, -0.1) is 0 Å². The van der Waals surface area contributed by atoms with Crippen molar-refractivity contribution in [3.63, 3.8) is 0 Å². The van der Waals surface area contributed by atoms with Crippen LogP contribution in [0.25, 0.3) is 0 Å². The van der Waals surface area contributed by atoms with Crippen LogP contribution in [-0.2, 0) is 0 Å². The fourth-order valence-corrected chi connectivity index (χ4v) is 3.10. The second-order valence-corrected chi connectivity index (χ2v) is 6.34. The lowest BCUT2D eigenvalue weighted by Gasteiger charge is -2.21. The summed E-state index contributed by atoms with van der Waals surface area (Å²) in [6, 6.07) is 24.0. The molecule has 2 atom stereocenters. The number of carbonyl (C=O) groups excluding carboxylic acids is 1. The first kappa shape index (κ1) is 18.7. The van der Waals surface area contributed by atoms with E-state index in [1.807, 2.05) is 67.6 Å². The van der Waals surface area contributed by atoms with Crippen molar-refractivity contribution in [1.29, 1.82) is 0 Å². The summed E-state index contributed by atoms with van der Waals surface area (Å²) in [6.45, 7) is 1.93. The van der Waals surface area contributed by atoms with Gasteiger partial charge in [-0.3, -0.25) is 4.79 Å². The van der Waals surface area contributed by atoms with Gasteiger partial charge in [0, 0.05) is 11.1 Å². The van der Waals surface area contributed by atoms with Gasteiger partial charge in [-0.2, -0.15) is 0 Å². The highest BCUT2D eigenvalue weighted by Gasteiger charge is 2.24. The fraction of sp³-hybridized carbons (Fsp3) is 0.174. The predicted octanol–water partition coefficient (Wildman–Crippen LogP) is 4.27. The Balaban J connectivity index is 1.94. The molecule has 0 unspecified atom stereocenters. The predicted molar refractivity (Wildman–Crippen MR) is 106 cm³/mol. The van der Waals surface area contributed by atoms with Gasteiger partial charge in [0.1, 0.15) is 11.9 Å². The molecular weight excluding hydrogens is 338 g/mol. The molecule has 2 N–H and O–H groups in total. The van der Waals surface area contributed by atoms with Gasteiger partial charge in [-0.05, 0) is 30.2 Å². The van der Waals surface area contributed by atoms with E-state index < -0.39 is 6.10 Å². The smallest absolute Gasteiger partial charge is 0.252 e. The van der Waals surface area contributed by atoms with Gasteiger partial charge in [-0.25, -0.2) is 0 Å². The van der Waals surface area contributed by atoms with E-state index in [1.165, 1.54) is 7.11 Å². The molecule has 0 aromatic heterocycles. The molecule has 0 spiro atoms.